The van der Waals surface area contributed by atoms with Gasteiger partial charge in [0.15, 0.2) is 0 Å². The van der Waals surface area contributed by atoms with Crippen LogP contribution < -0.4 is 5.32 Å². The quantitative estimate of drug-likeness (QED) is 0.724. The van der Waals surface area contributed by atoms with Crippen molar-refractivity contribution in [1.82, 2.24) is 5.32 Å². The fourth-order valence-electron chi connectivity index (χ4n) is 1.24. The van der Waals surface area contributed by atoms with Gasteiger partial charge in [-0.05, 0) is 25.5 Å². The molecule has 0 aliphatic carbocycles. The Morgan fingerprint density at radius 3 is 3.08 bits per heavy atom. The Labute approximate surface area is 82.9 Å². The van der Waals surface area contributed by atoms with E-state index in [1.165, 1.54) is 5.75 Å². The molecule has 0 radical (unpaired) electrons. The second kappa shape index (κ2) is 5.13. The van der Waals surface area contributed by atoms with Crippen molar-refractivity contribution in [3.05, 3.63) is 0 Å². The number of nitrogens with one attached hydrogen (secondary N) is 1. The topological polar surface area (TPSA) is 52.9 Å². The minimum absolute atomic E-state index is 0.130. The van der Waals surface area contributed by atoms with Gasteiger partial charge in [0.1, 0.15) is 5.92 Å². The van der Waals surface area contributed by atoms with E-state index in [-0.39, 0.29) is 11.9 Å². The van der Waals surface area contributed by atoms with Crippen LogP contribution in [0.1, 0.15) is 19.8 Å². The van der Waals surface area contributed by atoms with Crippen LogP contribution in [0.25, 0.3) is 0 Å². The highest BCUT2D eigenvalue weighted by molar-refractivity contribution is 7.99. The molecule has 0 spiro atoms. The molecule has 1 N–H and O–H groups in total. The van der Waals surface area contributed by atoms with Crippen LogP contribution in [0.2, 0.25) is 0 Å². The second-order valence-corrected chi connectivity index (χ2v) is 4.42. The number of rotatable bonds is 2. The van der Waals surface area contributed by atoms with Gasteiger partial charge in [-0.1, -0.05) is 0 Å². The third-order valence-electron chi connectivity index (χ3n) is 2.09. The van der Waals surface area contributed by atoms with E-state index >= 15 is 0 Å². The number of carbonyl (C=O) groups excluding carboxylic acids is 1. The first kappa shape index (κ1) is 10.4. The number of carbonyl (C=O) groups is 1. The maximum atomic E-state index is 11.3. The highest BCUT2D eigenvalue weighted by Crippen LogP contribution is 2.17. The smallest absolute Gasteiger partial charge is 0.237 e. The monoisotopic (exact) mass is 198 g/mol. The molecule has 13 heavy (non-hydrogen) atoms. The Bertz CT molecular complexity index is 218. The lowest BCUT2D eigenvalue weighted by molar-refractivity contribution is -0.123. The summed E-state index contributed by atoms with van der Waals surface area (Å²) in [5.74, 6) is 1.53. The normalized spacial score (nSPS) is 24.5. The molecule has 0 aromatic carbocycles. The highest BCUT2D eigenvalue weighted by atomic mass is 32.2. The molecule has 1 rings (SSSR count). The van der Waals surface area contributed by atoms with Gasteiger partial charge in [-0.3, -0.25) is 4.79 Å². The number of hydrogen-bond acceptors (Lipinski definition) is 3. The Morgan fingerprint density at radius 1 is 1.77 bits per heavy atom. The van der Waals surface area contributed by atoms with Crippen molar-refractivity contribution in [2.24, 2.45) is 5.92 Å². The van der Waals surface area contributed by atoms with Gasteiger partial charge in [-0.25, -0.2) is 0 Å². The average molecular weight is 198 g/mol. The number of nitrogens with zero attached hydrogens (tertiary/aromatic N) is 1. The van der Waals surface area contributed by atoms with Crippen LogP contribution >= 0.6 is 11.8 Å². The molecule has 0 bridgehead atoms. The number of thioether (sulfide) groups is 1. The van der Waals surface area contributed by atoms with Gasteiger partial charge in [0.05, 0.1) is 6.07 Å². The summed E-state index contributed by atoms with van der Waals surface area (Å²) in [7, 11) is 0. The van der Waals surface area contributed by atoms with Crippen molar-refractivity contribution in [3.63, 3.8) is 0 Å². The molecule has 2 unspecified atom stereocenters. The molecule has 1 heterocycles. The summed E-state index contributed by atoms with van der Waals surface area (Å²) in [6, 6.07) is 2.22. The zero-order chi connectivity index (χ0) is 9.68. The predicted molar refractivity (Wildman–Crippen MR) is 53.3 cm³/mol. The summed E-state index contributed by atoms with van der Waals surface area (Å²) < 4.78 is 0. The number of hydrogen-bond donors (Lipinski definition) is 1. The van der Waals surface area contributed by atoms with Crippen molar-refractivity contribution in [3.8, 4) is 6.07 Å². The lowest BCUT2D eigenvalue weighted by Gasteiger charge is -2.22. The fraction of sp³-hybridized carbons (Fsp3) is 0.778. The van der Waals surface area contributed by atoms with Crippen LogP contribution in [0.3, 0.4) is 0 Å². The first-order chi connectivity index (χ1) is 6.24. The zero-order valence-corrected chi connectivity index (χ0v) is 8.56. The fourth-order valence-corrected chi connectivity index (χ4v) is 2.31. The first-order valence-electron chi connectivity index (χ1n) is 4.51. The number of amides is 1. The van der Waals surface area contributed by atoms with Gasteiger partial charge in [0, 0.05) is 11.8 Å². The molecule has 0 aromatic heterocycles. The van der Waals surface area contributed by atoms with Crippen molar-refractivity contribution in [2.75, 3.05) is 11.5 Å². The highest BCUT2D eigenvalue weighted by Gasteiger charge is 2.19. The molecule has 0 aromatic rings. The Morgan fingerprint density at radius 2 is 2.54 bits per heavy atom. The molecule has 3 nitrogen and oxygen atoms in total. The van der Waals surface area contributed by atoms with E-state index in [2.05, 4.69) is 5.32 Å². The third kappa shape index (κ3) is 3.27. The van der Waals surface area contributed by atoms with Crippen LogP contribution in [0.5, 0.6) is 0 Å². The molecule has 4 heteroatoms. The molecule has 2 atom stereocenters. The molecule has 1 aliphatic heterocycles. The molecule has 1 amide bonds. The van der Waals surface area contributed by atoms with Gasteiger partial charge >= 0.3 is 0 Å². The summed E-state index contributed by atoms with van der Waals surface area (Å²) in [6.45, 7) is 1.63. The minimum atomic E-state index is -0.521. The van der Waals surface area contributed by atoms with Crippen LogP contribution in [-0.2, 0) is 4.79 Å². The van der Waals surface area contributed by atoms with Crippen molar-refractivity contribution >= 4 is 17.7 Å². The first-order valence-corrected chi connectivity index (χ1v) is 5.67. The molecular formula is C9H14N2OS. The molecule has 0 saturated carbocycles. The van der Waals surface area contributed by atoms with Gasteiger partial charge in [0.25, 0.3) is 0 Å². The Kier molecular flexibility index (Phi) is 4.10. The summed E-state index contributed by atoms with van der Waals surface area (Å²) in [6.07, 6.45) is 2.22. The predicted octanol–water partition coefficient (Wildman–Crippen LogP) is 1.16. The van der Waals surface area contributed by atoms with Crippen molar-refractivity contribution < 1.29 is 4.79 Å². The molecule has 1 saturated heterocycles. The van der Waals surface area contributed by atoms with Gasteiger partial charge < -0.3 is 5.32 Å². The Hall–Kier alpha value is -0.690. The van der Waals surface area contributed by atoms with Gasteiger partial charge in [0.2, 0.25) is 5.91 Å². The summed E-state index contributed by atoms with van der Waals surface area (Å²) >= 11 is 1.87. The number of nitriles is 1. The minimum Gasteiger partial charge on any atom is -0.351 e. The van der Waals surface area contributed by atoms with E-state index in [0.29, 0.717) is 0 Å². The van der Waals surface area contributed by atoms with Crippen molar-refractivity contribution in [2.45, 2.75) is 25.8 Å². The summed E-state index contributed by atoms with van der Waals surface area (Å²) in [5.41, 5.74) is 0. The standard InChI is InChI=1S/C9H14N2OS/c1-7(5-10)9(12)11-8-3-2-4-13-6-8/h7-8H,2-4,6H2,1H3,(H,11,12). The largest absolute Gasteiger partial charge is 0.351 e. The van der Waals surface area contributed by atoms with E-state index in [1.54, 1.807) is 6.92 Å². The zero-order valence-electron chi connectivity index (χ0n) is 7.75. The van der Waals surface area contributed by atoms with E-state index in [1.807, 2.05) is 17.8 Å². The van der Waals surface area contributed by atoms with Crippen LogP contribution in [0, 0.1) is 17.2 Å². The van der Waals surface area contributed by atoms with Crippen molar-refractivity contribution in [1.29, 1.82) is 5.26 Å². The van der Waals surface area contributed by atoms with Gasteiger partial charge in [-0.15, -0.1) is 0 Å². The lowest BCUT2D eigenvalue weighted by atomic mass is 10.1. The average Bonchev–Trinajstić information content (AvgIpc) is 2.18. The Balaban J connectivity index is 2.31. The second-order valence-electron chi connectivity index (χ2n) is 3.27. The molecule has 72 valence electrons. The summed E-state index contributed by atoms with van der Waals surface area (Å²) in [5, 5.41) is 11.4. The lowest BCUT2D eigenvalue weighted by Crippen LogP contribution is -2.40. The van der Waals surface area contributed by atoms with E-state index < -0.39 is 5.92 Å². The van der Waals surface area contributed by atoms with Crippen LogP contribution in [-0.4, -0.2) is 23.5 Å². The third-order valence-corrected chi connectivity index (χ3v) is 3.31. The van der Waals surface area contributed by atoms with E-state index in [0.717, 1.165) is 18.6 Å². The van der Waals surface area contributed by atoms with Crippen LogP contribution in [0.4, 0.5) is 0 Å². The maximum Gasteiger partial charge on any atom is 0.237 e. The van der Waals surface area contributed by atoms with Gasteiger partial charge in [-0.2, -0.15) is 17.0 Å². The van der Waals surface area contributed by atoms with E-state index in [4.69, 9.17) is 5.26 Å². The maximum absolute atomic E-state index is 11.3. The SMILES string of the molecule is CC(C#N)C(=O)NC1CCCSC1. The molecular weight excluding hydrogens is 184 g/mol. The molecule has 1 aliphatic rings. The van der Waals surface area contributed by atoms with Crippen LogP contribution in [0.15, 0.2) is 0 Å². The van der Waals surface area contributed by atoms with E-state index in [9.17, 15) is 4.79 Å². The summed E-state index contributed by atoms with van der Waals surface area (Å²) in [4.78, 5) is 11.3. The molecule has 1 fully saturated rings.